The maximum absolute atomic E-state index is 11.7. The Bertz CT molecular complexity index is 632. The molecule has 1 aromatic heterocycles. The van der Waals surface area contributed by atoms with E-state index in [0.29, 0.717) is 23.6 Å². The van der Waals surface area contributed by atoms with Crippen molar-refractivity contribution in [1.29, 1.82) is 0 Å². The van der Waals surface area contributed by atoms with Crippen molar-refractivity contribution in [2.45, 2.75) is 26.5 Å². The van der Waals surface area contributed by atoms with Crippen molar-refractivity contribution in [3.8, 4) is 5.75 Å². The van der Waals surface area contributed by atoms with Gasteiger partial charge in [0.2, 0.25) is 0 Å². The highest BCUT2D eigenvalue weighted by Crippen LogP contribution is 2.13. The van der Waals surface area contributed by atoms with Crippen LogP contribution in [0.25, 0.3) is 0 Å². The molecule has 0 atom stereocenters. The monoisotopic (exact) mass is 317 g/mol. The lowest BCUT2D eigenvalue weighted by atomic mass is 10.2. The molecule has 23 heavy (non-hydrogen) atoms. The molecular formula is C17H19NO5. The maximum atomic E-state index is 11.7. The Labute approximate surface area is 134 Å². The van der Waals surface area contributed by atoms with Gasteiger partial charge in [0.25, 0.3) is 5.91 Å². The minimum Gasteiger partial charge on any atom is -0.484 e. The number of nitrogens with one attached hydrogen (secondary N) is 1. The maximum Gasteiger partial charge on any atom is 0.338 e. The van der Waals surface area contributed by atoms with Crippen LogP contribution in [0.1, 0.15) is 30.0 Å². The Hall–Kier alpha value is -2.76. The first-order valence-electron chi connectivity index (χ1n) is 7.27. The number of amides is 1. The van der Waals surface area contributed by atoms with E-state index in [2.05, 4.69) is 5.32 Å². The van der Waals surface area contributed by atoms with E-state index in [1.54, 1.807) is 56.5 Å². The van der Waals surface area contributed by atoms with Crippen LogP contribution in [-0.4, -0.2) is 24.6 Å². The van der Waals surface area contributed by atoms with Crippen molar-refractivity contribution < 1.29 is 23.5 Å². The lowest BCUT2D eigenvalue weighted by Crippen LogP contribution is -2.28. The van der Waals surface area contributed by atoms with Gasteiger partial charge in [0, 0.05) is 0 Å². The number of carbonyl (C=O) groups is 2. The third-order valence-electron chi connectivity index (χ3n) is 2.84. The van der Waals surface area contributed by atoms with Gasteiger partial charge in [-0.05, 0) is 50.2 Å². The molecule has 0 aliphatic rings. The van der Waals surface area contributed by atoms with Crippen LogP contribution in [0.15, 0.2) is 47.1 Å². The summed E-state index contributed by atoms with van der Waals surface area (Å²) in [6.45, 7) is 3.78. The molecule has 0 spiro atoms. The minimum absolute atomic E-state index is 0.115. The molecule has 0 saturated heterocycles. The third kappa shape index (κ3) is 5.50. The fourth-order valence-electron chi connectivity index (χ4n) is 1.77. The Morgan fingerprint density at radius 2 is 1.91 bits per heavy atom. The molecule has 1 N–H and O–H groups in total. The molecule has 1 aromatic carbocycles. The highest BCUT2D eigenvalue weighted by atomic mass is 16.5. The van der Waals surface area contributed by atoms with Gasteiger partial charge in [-0.1, -0.05) is 0 Å². The number of carbonyl (C=O) groups excluding carboxylic acids is 2. The second-order valence-electron chi connectivity index (χ2n) is 5.12. The molecule has 2 rings (SSSR count). The highest BCUT2D eigenvalue weighted by molar-refractivity contribution is 5.89. The number of esters is 1. The molecule has 0 aliphatic carbocycles. The normalized spacial score (nSPS) is 10.4. The van der Waals surface area contributed by atoms with Gasteiger partial charge in [0.1, 0.15) is 11.5 Å². The molecule has 0 aliphatic heterocycles. The average Bonchev–Trinajstić information content (AvgIpc) is 3.04. The molecule has 6 heteroatoms. The van der Waals surface area contributed by atoms with Gasteiger partial charge in [-0.15, -0.1) is 0 Å². The van der Waals surface area contributed by atoms with Crippen molar-refractivity contribution in [1.82, 2.24) is 5.32 Å². The lowest BCUT2D eigenvalue weighted by Gasteiger charge is -2.09. The first-order chi connectivity index (χ1) is 11.0. The SMILES string of the molecule is CC(C)OC(=O)c1ccc(OCC(=O)NCc2ccco2)cc1. The summed E-state index contributed by atoms with van der Waals surface area (Å²) in [7, 11) is 0. The van der Waals surface area contributed by atoms with Crippen LogP contribution >= 0.6 is 0 Å². The number of ether oxygens (including phenoxy) is 2. The van der Waals surface area contributed by atoms with E-state index in [4.69, 9.17) is 13.9 Å². The fourth-order valence-corrected chi connectivity index (χ4v) is 1.77. The van der Waals surface area contributed by atoms with E-state index in [9.17, 15) is 9.59 Å². The largest absolute Gasteiger partial charge is 0.484 e. The van der Waals surface area contributed by atoms with E-state index < -0.39 is 0 Å². The quantitative estimate of drug-likeness (QED) is 0.794. The van der Waals surface area contributed by atoms with Crippen LogP contribution < -0.4 is 10.1 Å². The highest BCUT2D eigenvalue weighted by Gasteiger charge is 2.09. The Morgan fingerprint density at radius 1 is 1.17 bits per heavy atom. The summed E-state index contributed by atoms with van der Waals surface area (Å²) in [6, 6.07) is 9.97. The predicted octanol–water partition coefficient (Wildman–Crippen LogP) is 2.54. The number of rotatable bonds is 7. The molecule has 1 heterocycles. The number of furan rings is 1. The van der Waals surface area contributed by atoms with Gasteiger partial charge in [0.05, 0.1) is 24.5 Å². The lowest BCUT2D eigenvalue weighted by molar-refractivity contribution is -0.123. The van der Waals surface area contributed by atoms with Gasteiger partial charge in [0.15, 0.2) is 6.61 Å². The molecular weight excluding hydrogens is 298 g/mol. The predicted molar refractivity (Wildman–Crippen MR) is 83.0 cm³/mol. The summed E-state index contributed by atoms with van der Waals surface area (Å²) in [4.78, 5) is 23.4. The summed E-state index contributed by atoms with van der Waals surface area (Å²) in [6.07, 6.45) is 1.38. The summed E-state index contributed by atoms with van der Waals surface area (Å²) >= 11 is 0. The third-order valence-corrected chi connectivity index (χ3v) is 2.84. The molecule has 0 unspecified atom stereocenters. The van der Waals surface area contributed by atoms with Crippen LogP contribution in [0, 0.1) is 0 Å². The van der Waals surface area contributed by atoms with Gasteiger partial charge < -0.3 is 19.2 Å². The Balaban J connectivity index is 1.77. The zero-order chi connectivity index (χ0) is 16.7. The zero-order valence-corrected chi connectivity index (χ0v) is 13.1. The molecule has 0 radical (unpaired) electrons. The smallest absolute Gasteiger partial charge is 0.338 e. The topological polar surface area (TPSA) is 77.8 Å². The van der Waals surface area contributed by atoms with Crippen LogP contribution in [0.5, 0.6) is 5.75 Å². The number of hydrogen-bond donors (Lipinski definition) is 1. The van der Waals surface area contributed by atoms with Crippen LogP contribution in [0.2, 0.25) is 0 Å². The number of benzene rings is 1. The van der Waals surface area contributed by atoms with E-state index >= 15 is 0 Å². The molecule has 122 valence electrons. The van der Waals surface area contributed by atoms with Crippen LogP contribution in [0.4, 0.5) is 0 Å². The summed E-state index contributed by atoms with van der Waals surface area (Å²) in [5, 5.41) is 2.67. The average molecular weight is 317 g/mol. The van der Waals surface area contributed by atoms with Crippen molar-refractivity contribution in [2.75, 3.05) is 6.61 Å². The molecule has 0 bridgehead atoms. The zero-order valence-electron chi connectivity index (χ0n) is 13.1. The van der Waals surface area contributed by atoms with Gasteiger partial charge in [-0.25, -0.2) is 4.79 Å². The molecule has 6 nitrogen and oxygen atoms in total. The molecule has 1 amide bonds. The molecule has 0 saturated carbocycles. The summed E-state index contributed by atoms with van der Waals surface area (Å²) < 4.78 is 15.6. The van der Waals surface area contributed by atoms with E-state index in [1.807, 2.05) is 0 Å². The standard InChI is InChI=1S/C17H19NO5/c1-12(2)23-17(20)13-5-7-14(8-6-13)22-11-16(19)18-10-15-4-3-9-21-15/h3-9,12H,10-11H2,1-2H3,(H,18,19). The summed E-state index contributed by atoms with van der Waals surface area (Å²) in [5.41, 5.74) is 0.438. The van der Waals surface area contributed by atoms with E-state index in [1.165, 1.54) is 0 Å². The first kappa shape index (κ1) is 16.6. The van der Waals surface area contributed by atoms with Crippen LogP contribution in [-0.2, 0) is 16.1 Å². The van der Waals surface area contributed by atoms with E-state index in [0.717, 1.165) is 0 Å². The Morgan fingerprint density at radius 3 is 2.52 bits per heavy atom. The second-order valence-corrected chi connectivity index (χ2v) is 5.12. The fraction of sp³-hybridized carbons (Fsp3) is 0.294. The first-order valence-corrected chi connectivity index (χ1v) is 7.27. The van der Waals surface area contributed by atoms with Crippen molar-refractivity contribution >= 4 is 11.9 Å². The summed E-state index contributed by atoms with van der Waals surface area (Å²) in [5.74, 6) is 0.526. The van der Waals surface area contributed by atoms with Crippen LogP contribution in [0.3, 0.4) is 0 Å². The number of hydrogen-bond acceptors (Lipinski definition) is 5. The Kier molecular flexibility index (Phi) is 5.80. The van der Waals surface area contributed by atoms with Crippen molar-refractivity contribution in [2.24, 2.45) is 0 Å². The van der Waals surface area contributed by atoms with Crippen molar-refractivity contribution in [3.05, 3.63) is 54.0 Å². The second kappa shape index (κ2) is 8.03. The molecule has 0 fully saturated rings. The van der Waals surface area contributed by atoms with Gasteiger partial charge in [-0.3, -0.25) is 4.79 Å². The van der Waals surface area contributed by atoms with Gasteiger partial charge >= 0.3 is 5.97 Å². The van der Waals surface area contributed by atoms with Gasteiger partial charge in [-0.2, -0.15) is 0 Å². The van der Waals surface area contributed by atoms with E-state index in [-0.39, 0.29) is 24.6 Å². The molecule has 2 aromatic rings. The minimum atomic E-state index is -0.386. The van der Waals surface area contributed by atoms with Crippen molar-refractivity contribution in [3.63, 3.8) is 0 Å².